The van der Waals surface area contributed by atoms with Crippen LogP contribution in [0.4, 0.5) is 4.79 Å². The summed E-state index contributed by atoms with van der Waals surface area (Å²) < 4.78 is 5.21. The molecule has 2 fully saturated rings. The van der Waals surface area contributed by atoms with Crippen molar-refractivity contribution >= 4 is 6.03 Å². The average Bonchev–Trinajstić information content (AvgIpc) is 2.82. The van der Waals surface area contributed by atoms with Crippen molar-refractivity contribution in [1.82, 2.24) is 10.2 Å². The van der Waals surface area contributed by atoms with Crippen LogP contribution in [-0.4, -0.2) is 55.0 Å². The Bertz CT molecular complexity index is 233. The Labute approximate surface area is 95.8 Å². The molecular weight excluding hydrogens is 208 g/mol. The second-order valence-electron chi connectivity index (χ2n) is 4.62. The predicted molar refractivity (Wildman–Crippen MR) is 59.1 cm³/mol. The number of hydrogen-bond donors (Lipinski definition) is 2. The zero-order chi connectivity index (χ0) is 11.4. The first-order valence-corrected chi connectivity index (χ1v) is 6.03. The lowest BCUT2D eigenvalue weighted by Gasteiger charge is -2.31. The van der Waals surface area contributed by atoms with Crippen molar-refractivity contribution in [1.29, 1.82) is 0 Å². The van der Waals surface area contributed by atoms with Gasteiger partial charge in [0.25, 0.3) is 0 Å². The molecule has 0 spiro atoms. The molecule has 2 aliphatic heterocycles. The van der Waals surface area contributed by atoms with Gasteiger partial charge in [0.2, 0.25) is 0 Å². The average molecular weight is 228 g/mol. The maximum atomic E-state index is 11.8. The summed E-state index contributed by atoms with van der Waals surface area (Å²) in [6.07, 6.45) is 2.73. The number of hydrogen-bond acceptors (Lipinski definition) is 3. The highest BCUT2D eigenvalue weighted by Crippen LogP contribution is 2.16. The fraction of sp³-hybridized carbons (Fsp3) is 0.909. The van der Waals surface area contributed by atoms with Gasteiger partial charge in [-0.3, -0.25) is 0 Å². The molecule has 0 aromatic heterocycles. The van der Waals surface area contributed by atoms with Crippen LogP contribution in [0.1, 0.15) is 19.3 Å². The molecule has 2 amide bonds. The van der Waals surface area contributed by atoms with E-state index < -0.39 is 0 Å². The number of carbonyl (C=O) groups excluding carboxylic acids is 1. The van der Waals surface area contributed by atoms with E-state index in [1.54, 1.807) is 0 Å². The number of aliphatic hydroxyl groups is 1. The van der Waals surface area contributed by atoms with E-state index in [0.717, 1.165) is 39.0 Å². The lowest BCUT2D eigenvalue weighted by atomic mass is 9.98. The summed E-state index contributed by atoms with van der Waals surface area (Å²) in [4.78, 5) is 13.7. The van der Waals surface area contributed by atoms with Crippen LogP contribution >= 0.6 is 0 Å². The molecule has 16 heavy (non-hydrogen) atoms. The van der Waals surface area contributed by atoms with Crippen LogP contribution in [-0.2, 0) is 4.74 Å². The van der Waals surface area contributed by atoms with Gasteiger partial charge in [0.15, 0.2) is 0 Å². The van der Waals surface area contributed by atoms with E-state index >= 15 is 0 Å². The largest absolute Gasteiger partial charge is 0.396 e. The number of urea groups is 1. The third kappa shape index (κ3) is 2.86. The molecule has 5 heteroatoms. The zero-order valence-electron chi connectivity index (χ0n) is 9.52. The highest BCUT2D eigenvalue weighted by Gasteiger charge is 2.25. The molecule has 0 radical (unpaired) electrons. The Hall–Kier alpha value is -0.810. The van der Waals surface area contributed by atoms with Crippen LogP contribution in [0.2, 0.25) is 0 Å². The third-order valence-electron chi connectivity index (χ3n) is 3.42. The molecule has 1 unspecified atom stereocenters. The van der Waals surface area contributed by atoms with E-state index in [2.05, 4.69) is 5.32 Å². The van der Waals surface area contributed by atoms with Gasteiger partial charge in [-0.05, 0) is 25.2 Å². The Balaban J connectivity index is 1.73. The summed E-state index contributed by atoms with van der Waals surface area (Å²) in [7, 11) is 0. The zero-order valence-corrected chi connectivity index (χ0v) is 9.52. The van der Waals surface area contributed by atoms with Gasteiger partial charge in [0, 0.05) is 26.3 Å². The molecule has 92 valence electrons. The van der Waals surface area contributed by atoms with Gasteiger partial charge >= 0.3 is 6.03 Å². The van der Waals surface area contributed by atoms with Crippen molar-refractivity contribution in [2.24, 2.45) is 5.92 Å². The third-order valence-corrected chi connectivity index (χ3v) is 3.42. The summed E-state index contributed by atoms with van der Waals surface area (Å²) in [6.45, 7) is 3.14. The van der Waals surface area contributed by atoms with Gasteiger partial charge < -0.3 is 20.1 Å². The number of carbonyl (C=O) groups is 1. The molecule has 1 atom stereocenters. The van der Waals surface area contributed by atoms with Gasteiger partial charge in [-0.15, -0.1) is 0 Å². The number of aliphatic hydroxyl groups excluding tert-OH is 1. The first-order chi connectivity index (χ1) is 7.79. The van der Waals surface area contributed by atoms with Crippen molar-refractivity contribution in [3.8, 4) is 0 Å². The number of piperidine rings is 1. The molecule has 0 aromatic rings. The molecule has 2 rings (SSSR count). The van der Waals surface area contributed by atoms with E-state index in [-0.39, 0.29) is 18.7 Å². The van der Waals surface area contributed by atoms with Crippen LogP contribution in [0.15, 0.2) is 0 Å². The number of amides is 2. The monoisotopic (exact) mass is 228 g/mol. The second-order valence-corrected chi connectivity index (χ2v) is 4.62. The fourth-order valence-electron chi connectivity index (χ4n) is 2.23. The summed E-state index contributed by atoms with van der Waals surface area (Å²) in [5.74, 6) is 0.374. The van der Waals surface area contributed by atoms with E-state index in [1.165, 1.54) is 0 Å². The lowest BCUT2D eigenvalue weighted by molar-refractivity contribution is 0.134. The summed E-state index contributed by atoms with van der Waals surface area (Å²) >= 11 is 0. The molecule has 2 aliphatic rings. The molecule has 0 bridgehead atoms. The Kier molecular flexibility index (Phi) is 4.01. The normalized spacial score (nSPS) is 27.1. The fourth-order valence-corrected chi connectivity index (χ4v) is 2.23. The van der Waals surface area contributed by atoms with Crippen LogP contribution in [0.5, 0.6) is 0 Å². The smallest absolute Gasteiger partial charge is 0.317 e. The van der Waals surface area contributed by atoms with Gasteiger partial charge in [-0.1, -0.05) is 0 Å². The summed E-state index contributed by atoms with van der Waals surface area (Å²) in [5, 5.41) is 12.0. The van der Waals surface area contributed by atoms with Crippen LogP contribution in [0.3, 0.4) is 0 Å². The molecule has 0 aliphatic carbocycles. The van der Waals surface area contributed by atoms with Crippen LogP contribution in [0.25, 0.3) is 0 Å². The molecule has 0 aromatic carbocycles. The van der Waals surface area contributed by atoms with Crippen LogP contribution < -0.4 is 5.32 Å². The summed E-state index contributed by atoms with van der Waals surface area (Å²) in [5.41, 5.74) is 0. The molecule has 2 heterocycles. The number of rotatable bonds is 2. The van der Waals surface area contributed by atoms with Gasteiger partial charge in [-0.25, -0.2) is 4.79 Å². The maximum absolute atomic E-state index is 11.8. The van der Waals surface area contributed by atoms with E-state index in [0.29, 0.717) is 12.5 Å². The topological polar surface area (TPSA) is 61.8 Å². The number of nitrogens with one attached hydrogen (secondary N) is 1. The minimum atomic E-state index is 0.0203. The van der Waals surface area contributed by atoms with Crippen molar-refractivity contribution in [3.63, 3.8) is 0 Å². The highest BCUT2D eigenvalue weighted by atomic mass is 16.5. The standard InChI is InChI=1S/C11H20N2O3/c14-7-9-1-4-13(5-2-9)11(15)12-10-3-6-16-8-10/h9-10,14H,1-8H2,(H,12,15). The van der Waals surface area contributed by atoms with Crippen LogP contribution in [0, 0.1) is 5.92 Å². The highest BCUT2D eigenvalue weighted by molar-refractivity contribution is 5.74. The summed E-state index contributed by atoms with van der Waals surface area (Å²) in [6, 6.07) is 0.204. The predicted octanol–water partition coefficient (Wildman–Crippen LogP) is 0.189. The van der Waals surface area contributed by atoms with E-state index in [4.69, 9.17) is 9.84 Å². The molecule has 2 saturated heterocycles. The molecule has 5 nitrogen and oxygen atoms in total. The van der Waals surface area contributed by atoms with Crippen molar-refractivity contribution < 1.29 is 14.6 Å². The molecule has 2 N–H and O–H groups in total. The first-order valence-electron chi connectivity index (χ1n) is 6.03. The van der Waals surface area contributed by atoms with Crippen molar-refractivity contribution in [3.05, 3.63) is 0 Å². The van der Waals surface area contributed by atoms with E-state index in [9.17, 15) is 4.79 Å². The SMILES string of the molecule is O=C(NC1CCOC1)N1CCC(CO)CC1. The minimum absolute atomic E-state index is 0.0203. The first kappa shape index (κ1) is 11.7. The molecular formula is C11H20N2O3. The Morgan fingerprint density at radius 3 is 2.69 bits per heavy atom. The number of nitrogens with zero attached hydrogens (tertiary/aromatic N) is 1. The van der Waals surface area contributed by atoms with Crippen molar-refractivity contribution in [2.75, 3.05) is 32.9 Å². The van der Waals surface area contributed by atoms with Crippen molar-refractivity contribution in [2.45, 2.75) is 25.3 Å². The van der Waals surface area contributed by atoms with Gasteiger partial charge in [0.1, 0.15) is 0 Å². The maximum Gasteiger partial charge on any atom is 0.317 e. The minimum Gasteiger partial charge on any atom is -0.396 e. The quantitative estimate of drug-likeness (QED) is 0.709. The number of ether oxygens (including phenoxy) is 1. The number of likely N-dealkylation sites (tertiary alicyclic amines) is 1. The molecule has 0 saturated carbocycles. The van der Waals surface area contributed by atoms with Gasteiger partial charge in [0.05, 0.1) is 12.6 Å². The lowest BCUT2D eigenvalue weighted by Crippen LogP contribution is -2.48. The Morgan fingerprint density at radius 1 is 1.38 bits per heavy atom. The Morgan fingerprint density at radius 2 is 2.12 bits per heavy atom. The van der Waals surface area contributed by atoms with Gasteiger partial charge in [-0.2, -0.15) is 0 Å². The second kappa shape index (κ2) is 5.50. The van der Waals surface area contributed by atoms with E-state index in [1.807, 2.05) is 4.90 Å².